The highest BCUT2D eigenvalue weighted by Crippen LogP contribution is 2.20. The molecule has 4 nitrogen and oxygen atoms in total. The number of amides is 2. The summed E-state index contributed by atoms with van der Waals surface area (Å²) in [6.07, 6.45) is 2.77. The summed E-state index contributed by atoms with van der Waals surface area (Å²) in [5.41, 5.74) is 3.26. The molecule has 0 spiro atoms. The summed E-state index contributed by atoms with van der Waals surface area (Å²) in [7, 11) is 0. The molecular weight excluding hydrogens is 324 g/mol. The number of rotatable bonds is 5. The summed E-state index contributed by atoms with van der Waals surface area (Å²) in [4.78, 5) is 26.7. The quantitative estimate of drug-likeness (QED) is 0.891. The van der Waals surface area contributed by atoms with Crippen LogP contribution in [0.15, 0.2) is 54.6 Å². The first kappa shape index (κ1) is 18.2. The van der Waals surface area contributed by atoms with Gasteiger partial charge in [-0.25, -0.2) is 0 Å². The van der Waals surface area contributed by atoms with E-state index in [1.807, 2.05) is 35.2 Å². The first-order valence-corrected chi connectivity index (χ1v) is 9.31. The number of anilines is 1. The van der Waals surface area contributed by atoms with Crippen LogP contribution in [-0.4, -0.2) is 29.8 Å². The highest BCUT2D eigenvalue weighted by Gasteiger charge is 2.27. The van der Waals surface area contributed by atoms with Crippen LogP contribution in [-0.2, 0) is 16.0 Å². The van der Waals surface area contributed by atoms with Crippen molar-refractivity contribution in [2.75, 3.05) is 18.4 Å². The van der Waals surface area contributed by atoms with E-state index in [-0.39, 0.29) is 17.7 Å². The first-order chi connectivity index (χ1) is 12.6. The topological polar surface area (TPSA) is 49.4 Å². The number of carbonyl (C=O) groups is 2. The van der Waals surface area contributed by atoms with E-state index >= 15 is 0 Å². The van der Waals surface area contributed by atoms with Gasteiger partial charge in [0.1, 0.15) is 0 Å². The largest absolute Gasteiger partial charge is 0.343 e. The molecule has 1 heterocycles. The van der Waals surface area contributed by atoms with E-state index in [9.17, 15) is 9.59 Å². The smallest absolute Gasteiger partial charge is 0.227 e. The number of nitrogens with zero attached hydrogens (tertiary/aromatic N) is 1. The molecule has 0 saturated carbocycles. The van der Waals surface area contributed by atoms with E-state index in [4.69, 9.17) is 0 Å². The standard InChI is InChI=1S/C22H26N2O2/c1-17-7-9-18(10-8-17)11-12-21(25)24-15-13-19(14-16-24)22(26)23-20-5-3-2-4-6-20/h2-10,19H,11-16H2,1H3,(H,23,26). The number of likely N-dealkylation sites (tertiary alicyclic amines) is 1. The minimum atomic E-state index is -0.0173. The van der Waals surface area contributed by atoms with Gasteiger partial charge >= 0.3 is 0 Å². The summed E-state index contributed by atoms with van der Waals surface area (Å²) in [5.74, 6) is 0.229. The van der Waals surface area contributed by atoms with Gasteiger partial charge in [0.05, 0.1) is 0 Å². The van der Waals surface area contributed by atoms with E-state index in [0.717, 1.165) is 24.9 Å². The molecule has 3 rings (SSSR count). The maximum absolute atomic E-state index is 12.4. The van der Waals surface area contributed by atoms with Crippen LogP contribution < -0.4 is 5.32 Å². The maximum atomic E-state index is 12.4. The Morgan fingerprint density at radius 3 is 2.31 bits per heavy atom. The molecule has 26 heavy (non-hydrogen) atoms. The van der Waals surface area contributed by atoms with Crippen LogP contribution in [0.25, 0.3) is 0 Å². The number of para-hydroxylation sites is 1. The Hall–Kier alpha value is -2.62. The number of aryl methyl sites for hydroxylation is 2. The van der Waals surface area contributed by atoms with Crippen LogP contribution in [0.5, 0.6) is 0 Å². The van der Waals surface area contributed by atoms with Crippen molar-refractivity contribution in [2.24, 2.45) is 5.92 Å². The zero-order valence-electron chi connectivity index (χ0n) is 15.3. The second kappa shape index (κ2) is 8.65. The third-order valence-corrected chi connectivity index (χ3v) is 5.01. The lowest BCUT2D eigenvalue weighted by molar-refractivity contribution is -0.134. The lowest BCUT2D eigenvalue weighted by atomic mass is 9.95. The van der Waals surface area contributed by atoms with Crippen molar-refractivity contribution >= 4 is 17.5 Å². The van der Waals surface area contributed by atoms with Gasteiger partial charge in [-0.3, -0.25) is 9.59 Å². The number of piperidine rings is 1. The third kappa shape index (κ3) is 4.94. The molecule has 1 saturated heterocycles. The second-order valence-electron chi connectivity index (χ2n) is 7.00. The Labute approximate surface area is 155 Å². The van der Waals surface area contributed by atoms with Crippen molar-refractivity contribution in [1.82, 2.24) is 4.90 Å². The highest BCUT2D eigenvalue weighted by molar-refractivity contribution is 5.92. The predicted molar refractivity (Wildman–Crippen MR) is 104 cm³/mol. The maximum Gasteiger partial charge on any atom is 0.227 e. The van der Waals surface area contributed by atoms with Gasteiger partial charge in [0.2, 0.25) is 11.8 Å². The summed E-state index contributed by atoms with van der Waals surface area (Å²) in [5, 5.41) is 2.96. The molecule has 1 N–H and O–H groups in total. The molecular formula is C22H26N2O2. The number of nitrogens with one attached hydrogen (secondary N) is 1. The molecule has 0 bridgehead atoms. The van der Waals surface area contributed by atoms with Gasteiger partial charge in [0.15, 0.2) is 0 Å². The summed E-state index contributed by atoms with van der Waals surface area (Å²) in [6, 6.07) is 17.9. The van der Waals surface area contributed by atoms with Crippen molar-refractivity contribution in [3.05, 3.63) is 65.7 Å². The van der Waals surface area contributed by atoms with Gasteiger partial charge in [-0.2, -0.15) is 0 Å². The third-order valence-electron chi connectivity index (χ3n) is 5.01. The van der Waals surface area contributed by atoms with Crippen LogP contribution in [0.1, 0.15) is 30.4 Å². The first-order valence-electron chi connectivity index (χ1n) is 9.31. The van der Waals surface area contributed by atoms with Crippen molar-refractivity contribution in [3.8, 4) is 0 Å². The van der Waals surface area contributed by atoms with E-state index in [1.165, 1.54) is 11.1 Å². The van der Waals surface area contributed by atoms with Crippen LogP contribution in [0.3, 0.4) is 0 Å². The second-order valence-corrected chi connectivity index (χ2v) is 7.00. The molecule has 2 aromatic rings. The molecule has 136 valence electrons. The van der Waals surface area contributed by atoms with Gasteiger partial charge in [-0.1, -0.05) is 48.0 Å². The van der Waals surface area contributed by atoms with Crippen LogP contribution in [0.4, 0.5) is 5.69 Å². The zero-order chi connectivity index (χ0) is 18.4. The lowest BCUT2D eigenvalue weighted by Gasteiger charge is -2.31. The Kier molecular flexibility index (Phi) is 6.05. The molecule has 0 unspecified atom stereocenters. The average Bonchev–Trinajstić information content (AvgIpc) is 2.68. The molecule has 4 heteroatoms. The van der Waals surface area contributed by atoms with Gasteiger partial charge in [-0.15, -0.1) is 0 Å². The Morgan fingerprint density at radius 2 is 1.65 bits per heavy atom. The minimum absolute atomic E-state index is 0.0173. The number of hydrogen-bond donors (Lipinski definition) is 1. The number of carbonyl (C=O) groups excluding carboxylic acids is 2. The molecule has 2 amide bonds. The van der Waals surface area contributed by atoms with E-state index in [0.29, 0.717) is 19.5 Å². The SMILES string of the molecule is Cc1ccc(CCC(=O)N2CCC(C(=O)Nc3ccccc3)CC2)cc1. The van der Waals surface area contributed by atoms with E-state index < -0.39 is 0 Å². The summed E-state index contributed by atoms with van der Waals surface area (Å²) in [6.45, 7) is 3.40. The average molecular weight is 350 g/mol. The molecule has 1 fully saturated rings. The Bertz CT molecular complexity index is 732. The van der Waals surface area contributed by atoms with Crippen molar-refractivity contribution in [3.63, 3.8) is 0 Å². The molecule has 0 aliphatic carbocycles. The van der Waals surface area contributed by atoms with Crippen molar-refractivity contribution in [1.29, 1.82) is 0 Å². The molecule has 0 atom stereocenters. The highest BCUT2D eigenvalue weighted by atomic mass is 16.2. The Balaban J connectivity index is 1.43. The van der Waals surface area contributed by atoms with Crippen molar-refractivity contribution in [2.45, 2.75) is 32.6 Å². The fourth-order valence-electron chi connectivity index (χ4n) is 3.32. The van der Waals surface area contributed by atoms with E-state index in [2.05, 4.69) is 36.5 Å². The molecule has 0 aromatic heterocycles. The number of benzene rings is 2. The van der Waals surface area contributed by atoms with Crippen LogP contribution in [0.2, 0.25) is 0 Å². The molecule has 1 aliphatic rings. The monoisotopic (exact) mass is 350 g/mol. The molecule has 2 aromatic carbocycles. The van der Waals surface area contributed by atoms with Crippen LogP contribution >= 0.6 is 0 Å². The Morgan fingerprint density at radius 1 is 1.00 bits per heavy atom. The molecule has 1 aliphatic heterocycles. The fraction of sp³-hybridized carbons (Fsp3) is 0.364. The van der Waals surface area contributed by atoms with Gasteiger partial charge in [-0.05, 0) is 43.9 Å². The fourth-order valence-corrected chi connectivity index (χ4v) is 3.32. The molecule has 0 radical (unpaired) electrons. The summed E-state index contributed by atoms with van der Waals surface area (Å²) < 4.78 is 0. The van der Waals surface area contributed by atoms with Crippen molar-refractivity contribution < 1.29 is 9.59 Å². The number of hydrogen-bond acceptors (Lipinski definition) is 2. The normalized spacial score (nSPS) is 14.9. The van der Waals surface area contributed by atoms with Gasteiger partial charge in [0.25, 0.3) is 0 Å². The van der Waals surface area contributed by atoms with E-state index in [1.54, 1.807) is 0 Å². The minimum Gasteiger partial charge on any atom is -0.343 e. The summed E-state index contributed by atoms with van der Waals surface area (Å²) >= 11 is 0. The van der Waals surface area contributed by atoms with Crippen LogP contribution in [0, 0.1) is 12.8 Å². The van der Waals surface area contributed by atoms with Gasteiger partial charge in [0, 0.05) is 31.1 Å². The predicted octanol–water partition coefficient (Wildman–Crippen LogP) is 3.80. The van der Waals surface area contributed by atoms with Gasteiger partial charge < -0.3 is 10.2 Å². The zero-order valence-corrected chi connectivity index (χ0v) is 15.3. The lowest BCUT2D eigenvalue weighted by Crippen LogP contribution is -2.41.